The second kappa shape index (κ2) is 6.88. The first-order valence-corrected chi connectivity index (χ1v) is 8.74. The molecular weight excluding hydrogens is 287 g/mol. The smallest absolute Gasteiger partial charge is 0.123 e. The number of aromatic nitrogens is 1. The SMILES string of the molecule is C=CC1CC(CC)C(C)N(CCc2c[nH]c3ccc(F)cc23)C1. The predicted octanol–water partition coefficient (Wildman–Crippen LogP) is 4.77. The Morgan fingerprint density at radius 3 is 3.00 bits per heavy atom. The minimum Gasteiger partial charge on any atom is -0.361 e. The van der Waals surface area contributed by atoms with E-state index in [1.165, 1.54) is 24.5 Å². The van der Waals surface area contributed by atoms with Crippen molar-refractivity contribution in [1.82, 2.24) is 9.88 Å². The molecule has 1 N–H and O–H groups in total. The molecule has 1 aromatic heterocycles. The highest BCUT2D eigenvalue weighted by atomic mass is 19.1. The van der Waals surface area contributed by atoms with Gasteiger partial charge in [-0.2, -0.15) is 0 Å². The number of nitrogens with one attached hydrogen (secondary N) is 1. The molecule has 0 saturated carbocycles. The minimum atomic E-state index is -0.164. The van der Waals surface area contributed by atoms with Crippen molar-refractivity contribution < 1.29 is 4.39 Å². The molecule has 3 heteroatoms. The monoisotopic (exact) mass is 314 g/mol. The summed E-state index contributed by atoms with van der Waals surface area (Å²) in [5.74, 6) is 1.17. The topological polar surface area (TPSA) is 19.0 Å². The average Bonchev–Trinajstić information content (AvgIpc) is 2.96. The van der Waals surface area contributed by atoms with Gasteiger partial charge in [0.15, 0.2) is 0 Å². The van der Waals surface area contributed by atoms with Crippen LogP contribution in [0.3, 0.4) is 0 Å². The van der Waals surface area contributed by atoms with E-state index in [2.05, 4.69) is 36.4 Å². The molecule has 1 aliphatic heterocycles. The van der Waals surface area contributed by atoms with E-state index in [9.17, 15) is 4.39 Å². The van der Waals surface area contributed by atoms with E-state index in [0.717, 1.165) is 36.3 Å². The van der Waals surface area contributed by atoms with Crippen molar-refractivity contribution in [3.05, 3.63) is 48.4 Å². The summed E-state index contributed by atoms with van der Waals surface area (Å²) in [6, 6.07) is 5.58. The van der Waals surface area contributed by atoms with Gasteiger partial charge in [0.05, 0.1) is 0 Å². The fourth-order valence-corrected chi connectivity index (χ4v) is 4.02. The third-order valence-corrected chi connectivity index (χ3v) is 5.59. The van der Waals surface area contributed by atoms with Crippen molar-refractivity contribution in [2.75, 3.05) is 13.1 Å². The lowest BCUT2D eigenvalue weighted by atomic mass is 9.82. The fraction of sp³-hybridized carbons (Fsp3) is 0.500. The van der Waals surface area contributed by atoms with Crippen LogP contribution in [0.15, 0.2) is 37.1 Å². The summed E-state index contributed by atoms with van der Waals surface area (Å²) >= 11 is 0. The molecule has 2 heterocycles. The molecule has 0 spiro atoms. The molecule has 0 bridgehead atoms. The van der Waals surface area contributed by atoms with Crippen LogP contribution in [-0.2, 0) is 6.42 Å². The zero-order chi connectivity index (χ0) is 16.4. The molecule has 124 valence electrons. The minimum absolute atomic E-state index is 0.164. The predicted molar refractivity (Wildman–Crippen MR) is 95.1 cm³/mol. The van der Waals surface area contributed by atoms with Gasteiger partial charge in [0.25, 0.3) is 0 Å². The van der Waals surface area contributed by atoms with Gasteiger partial charge in [-0.15, -0.1) is 6.58 Å². The Morgan fingerprint density at radius 2 is 2.26 bits per heavy atom. The highest BCUT2D eigenvalue weighted by Crippen LogP contribution is 2.30. The van der Waals surface area contributed by atoms with Crippen LogP contribution in [0.25, 0.3) is 10.9 Å². The lowest BCUT2D eigenvalue weighted by Crippen LogP contribution is -2.47. The number of nitrogens with zero attached hydrogens (tertiary/aromatic N) is 1. The van der Waals surface area contributed by atoms with Gasteiger partial charge in [-0.1, -0.05) is 19.4 Å². The number of benzene rings is 1. The van der Waals surface area contributed by atoms with Crippen LogP contribution in [0.5, 0.6) is 0 Å². The highest BCUT2D eigenvalue weighted by molar-refractivity contribution is 5.83. The van der Waals surface area contributed by atoms with Crippen molar-refractivity contribution in [3.63, 3.8) is 0 Å². The second-order valence-electron chi connectivity index (χ2n) is 6.89. The summed E-state index contributed by atoms with van der Waals surface area (Å²) in [6.07, 6.45) is 7.58. The number of H-pyrrole nitrogens is 1. The molecule has 0 radical (unpaired) electrons. The van der Waals surface area contributed by atoms with Crippen LogP contribution in [0.1, 0.15) is 32.3 Å². The van der Waals surface area contributed by atoms with Gasteiger partial charge in [-0.25, -0.2) is 4.39 Å². The molecule has 2 nitrogen and oxygen atoms in total. The van der Waals surface area contributed by atoms with Crippen LogP contribution < -0.4 is 0 Å². The number of piperidine rings is 1. The Hall–Kier alpha value is -1.61. The van der Waals surface area contributed by atoms with E-state index in [1.807, 2.05) is 12.3 Å². The summed E-state index contributed by atoms with van der Waals surface area (Å²) in [6.45, 7) is 10.7. The first-order chi connectivity index (χ1) is 11.1. The Balaban J connectivity index is 1.72. The molecule has 1 aromatic carbocycles. The van der Waals surface area contributed by atoms with Gasteiger partial charge >= 0.3 is 0 Å². The lowest BCUT2D eigenvalue weighted by Gasteiger charge is -2.42. The quantitative estimate of drug-likeness (QED) is 0.788. The number of hydrogen-bond donors (Lipinski definition) is 1. The van der Waals surface area contributed by atoms with Crippen molar-refractivity contribution in [2.24, 2.45) is 11.8 Å². The molecular formula is C20H27FN2. The molecule has 1 aliphatic rings. The first kappa shape index (κ1) is 16.3. The first-order valence-electron chi connectivity index (χ1n) is 8.74. The number of aromatic amines is 1. The van der Waals surface area contributed by atoms with Gasteiger partial charge in [0.2, 0.25) is 0 Å². The summed E-state index contributed by atoms with van der Waals surface area (Å²) in [5.41, 5.74) is 2.23. The maximum atomic E-state index is 13.5. The van der Waals surface area contributed by atoms with Gasteiger partial charge < -0.3 is 4.98 Å². The van der Waals surface area contributed by atoms with Crippen molar-refractivity contribution >= 4 is 10.9 Å². The van der Waals surface area contributed by atoms with Crippen LogP contribution in [0.4, 0.5) is 4.39 Å². The van der Waals surface area contributed by atoms with E-state index < -0.39 is 0 Å². The van der Waals surface area contributed by atoms with Crippen molar-refractivity contribution in [1.29, 1.82) is 0 Å². The van der Waals surface area contributed by atoms with Crippen LogP contribution in [0, 0.1) is 17.7 Å². The molecule has 2 aromatic rings. The molecule has 3 rings (SSSR count). The molecule has 23 heavy (non-hydrogen) atoms. The Bertz CT molecular complexity index is 675. The molecule has 0 amide bonds. The third-order valence-electron chi connectivity index (χ3n) is 5.59. The second-order valence-corrected chi connectivity index (χ2v) is 6.89. The van der Waals surface area contributed by atoms with Gasteiger partial charge in [0.1, 0.15) is 5.82 Å². The van der Waals surface area contributed by atoms with Crippen LogP contribution in [-0.4, -0.2) is 29.0 Å². The maximum Gasteiger partial charge on any atom is 0.123 e. The normalized spacial score (nSPS) is 25.8. The zero-order valence-electron chi connectivity index (χ0n) is 14.2. The maximum absolute atomic E-state index is 13.5. The number of halogens is 1. The van der Waals surface area contributed by atoms with Gasteiger partial charge in [0, 0.05) is 36.2 Å². The van der Waals surface area contributed by atoms with E-state index >= 15 is 0 Å². The van der Waals surface area contributed by atoms with E-state index in [0.29, 0.717) is 12.0 Å². The molecule has 3 unspecified atom stereocenters. The Morgan fingerprint density at radius 1 is 1.43 bits per heavy atom. The Kier molecular flexibility index (Phi) is 4.86. The number of hydrogen-bond acceptors (Lipinski definition) is 1. The van der Waals surface area contributed by atoms with Gasteiger partial charge in [-0.3, -0.25) is 4.90 Å². The fourth-order valence-electron chi connectivity index (χ4n) is 4.02. The third kappa shape index (κ3) is 3.35. The zero-order valence-corrected chi connectivity index (χ0v) is 14.2. The summed E-state index contributed by atoms with van der Waals surface area (Å²) in [7, 11) is 0. The van der Waals surface area contributed by atoms with Gasteiger partial charge in [-0.05, 0) is 55.4 Å². The van der Waals surface area contributed by atoms with Crippen LogP contribution >= 0.6 is 0 Å². The standard InChI is InChI=1S/C20H27FN2/c1-4-15-10-16(5-2)14(3)23(13-15)9-8-17-12-22-20-7-6-18(21)11-19(17)20/h4,6-7,11-12,14-16,22H,1,5,8-10,13H2,2-3H3. The lowest BCUT2D eigenvalue weighted by molar-refractivity contribution is 0.0797. The summed E-state index contributed by atoms with van der Waals surface area (Å²) in [5, 5.41) is 1.02. The summed E-state index contributed by atoms with van der Waals surface area (Å²) < 4.78 is 13.5. The van der Waals surface area contributed by atoms with Crippen molar-refractivity contribution in [3.8, 4) is 0 Å². The molecule has 1 fully saturated rings. The van der Waals surface area contributed by atoms with Crippen LogP contribution in [0.2, 0.25) is 0 Å². The number of rotatable bonds is 5. The molecule has 1 saturated heterocycles. The largest absolute Gasteiger partial charge is 0.361 e. The number of fused-ring (bicyclic) bond motifs is 1. The summed E-state index contributed by atoms with van der Waals surface area (Å²) in [4.78, 5) is 5.84. The van der Waals surface area contributed by atoms with Crippen molar-refractivity contribution in [2.45, 2.75) is 39.2 Å². The average molecular weight is 314 g/mol. The molecule has 0 aliphatic carbocycles. The van der Waals surface area contributed by atoms with E-state index in [4.69, 9.17) is 0 Å². The Labute approximate surface area is 138 Å². The number of likely N-dealkylation sites (tertiary alicyclic amines) is 1. The van der Waals surface area contributed by atoms with E-state index in [-0.39, 0.29) is 5.82 Å². The van der Waals surface area contributed by atoms with E-state index in [1.54, 1.807) is 6.07 Å². The highest BCUT2D eigenvalue weighted by Gasteiger charge is 2.30. The molecule has 3 atom stereocenters.